The fraction of sp³-hybridized carbons (Fsp3) is 0.600. The minimum absolute atomic E-state index is 0.168. The van der Waals surface area contributed by atoms with E-state index in [1.165, 1.54) is 6.07 Å². The molecule has 0 fully saturated rings. The first-order valence-electron chi connectivity index (χ1n) is 6.43. The maximum absolute atomic E-state index is 13.4. The molecule has 0 saturated heterocycles. The van der Waals surface area contributed by atoms with Crippen LogP contribution in [0.4, 0.5) is 4.39 Å². The molecule has 0 amide bonds. The van der Waals surface area contributed by atoms with Crippen molar-refractivity contribution in [1.82, 2.24) is 5.32 Å². The predicted molar refractivity (Wildman–Crippen MR) is 76.6 cm³/mol. The van der Waals surface area contributed by atoms with Crippen LogP contribution in [-0.4, -0.2) is 6.54 Å². The molecule has 1 aromatic carbocycles. The number of aryl methyl sites for hydroxylation is 1. The van der Waals surface area contributed by atoms with Crippen molar-refractivity contribution in [3.8, 4) is 0 Å². The molecule has 1 rings (SSSR count). The molecule has 0 saturated carbocycles. The number of benzene rings is 1. The zero-order valence-electron chi connectivity index (χ0n) is 11.9. The fourth-order valence-electron chi connectivity index (χ4n) is 2.10. The summed E-state index contributed by atoms with van der Waals surface area (Å²) in [6.45, 7) is 11.3. The number of nitrogens with one attached hydrogen (secondary N) is 1. The average molecular weight is 272 g/mol. The number of halogens is 2. The molecule has 1 unspecified atom stereocenters. The topological polar surface area (TPSA) is 12.0 Å². The van der Waals surface area contributed by atoms with Gasteiger partial charge in [0.1, 0.15) is 5.82 Å². The van der Waals surface area contributed by atoms with Gasteiger partial charge in [-0.25, -0.2) is 4.39 Å². The first kappa shape index (κ1) is 15.5. The molecule has 102 valence electrons. The van der Waals surface area contributed by atoms with Crippen LogP contribution in [0.3, 0.4) is 0 Å². The van der Waals surface area contributed by atoms with Crippen molar-refractivity contribution >= 4 is 11.6 Å². The zero-order chi connectivity index (χ0) is 13.9. The minimum atomic E-state index is -0.241. The van der Waals surface area contributed by atoms with Gasteiger partial charge in [0.15, 0.2) is 0 Å². The van der Waals surface area contributed by atoms with Crippen molar-refractivity contribution in [3.63, 3.8) is 0 Å². The van der Waals surface area contributed by atoms with Crippen LogP contribution in [0, 0.1) is 18.2 Å². The Morgan fingerprint density at radius 3 is 2.44 bits per heavy atom. The number of rotatable bonds is 4. The van der Waals surface area contributed by atoms with Crippen LogP contribution in [0.25, 0.3) is 0 Å². The van der Waals surface area contributed by atoms with Crippen molar-refractivity contribution in [1.29, 1.82) is 0 Å². The first-order valence-corrected chi connectivity index (χ1v) is 6.81. The summed E-state index contributed by atoms with van der Waals surface area (Å²) in [6.07, 6.45) is 0.964. The molecule has 3 heteroatoms. The Morgan fingerprint density at radius 2 is 1.94 bits per heavy atom. The van der Waals surface area contributed by atoms with E-state index in [0.717, 1.165) is 18.5 Å². The summed E-state index contributed by atoms with van der Waals surface area (Å²) in [5, 5.41) is 3.94. The standard InChI is InChI=1S/C15H23ClFN/c1-6-18-14(9-15(3,4)5)11-7-10(2)13(17)8-12(11)16/h7-8,14,18H,6,9H2,1-5H3. The van der Waals surface area contributed by atoms with Gasteiger partial charge in [0.25, 0.3) is 0 Å². The summed E-state index contributed by atoms with van der Waals surface area (Å²) < 4.78 is 13.4. The lowest BCUT2D eigenvalue weighted by Crippen LogP contribution is -2.26. The van der Waals surface area contributed by atoms with Crippen LogP contribution >= 0.6 is 11.6 Å². The van der Waals surface area contributed by atoms with Gasteiger partial charge < -0.3 is 5.32 Å². The lowest BCUT2D eigenvalue weighted by atomic mass is 9.85. The van der Waals surface area contributed by atoms with Crippen LogP contribution in [0.5, 0.6) is 0 Å². The van der Waals surface area contributed by atoms with Crippen LogP contribution in [0.15, 0.2) is 12.1 Å². The van der Waals surface area contributed by atoms with E-state index in [-0.39, 0.29) is 17.3 Å². The lowest BCUT2D eigenvalue weighted by molar-refractivity contribution is 0.314. The van der Waals surface area contributed by atoms with E-state index >= 15 is 0 Å². The molecule has 1 aromatic rings. The molecule has 1 N–H and O–H groups in total. The van der Waals surface area contributed by atoms with E-state index in [1.807, 2.05) is 6.07 Å². The normalized spacial score (nSPS) is 13.7. The Morgan fingerprint density at radius 1 is 1.33 bits per heavy atom. The third-order valence-corrected chi connectivity index (χ3v) is 3.25. The fourth-order valence-corrected chi connectivity index (χ4v) is 2.38. The van der Waals surface area contributed by atoms with Crippen molar-refractivity contribution in [2.75, 3.05) is 6.54 Å². The highest BCUT2D eigenvalue weighted by molar-refractivity contribution is 6.31. The monoisotopic (exact) mass is 271 g/mol. The second kappa shape index (κ2) is 6.03. The van der Waals surface area contributed by atoms with Crippen LogP contribution < -0.4 is 5.32 Å². The Kier molecular flexibility index (Phi) is 5.18. The smallest absolute Gasteiger partial charge is 0.127 e. The van der Waals surface area contributed by atoms with Gasteiger partial charge in [-0.2, -0.15) is 0 Å². The summed E-state index contributed by atoms with van der Waals surface area (Å²) >= 11 is 6.18. The van der Waals surface area contributed by atoms with E-state index in [0.29, 0.717) is 10.6 Å². The van der Waals surface area contributed by atoms with Crippen LogP contribution in [-0.2, 0) is 0 Å². The average Bonchev–Trinajstić information content (AvgIpc) is 2.21. The van der Waals surface area contributed by atoms with Gasteiger partial charge in [0, 0.05) is 11.1 Å². The van der Waals surface area contributed by atoms with Crippen molar-refractivity contribution in [3.05, 3.63) is 34.1 Å². The molecule has 1 nitrogen and oxygen atoms in total. The zero-order valence-corrected chi connectivity index (χ0v) is 12.7. The predicted octanol–water partition coefficient (Wildman–Crippen LogP) is 4.87. The van der Waals surface area contributed by atoms with Gasteiger partial charge >= 0.3 is 0 Å². The van der Waals surface area contributed by atoms with E-state index in [2.05, 4.69) is 33.0 Å². The molecule has 0 bridgehead atoms. The van der Waals surface area contributed by atoms with Crippen molar-refractivity contribution < 1.29 is 4.39 Å². The summed E-state index contributed by atoms with van der Waals surface area (Å²) in [5.41, 5.74) is 1.83. The highest BCUT2D eigenvalue weighted by atomic mass is 35.5. The first-order chi connectivity index (χ1) is 8.24. The molecule has 1 atom stereocenters. The Labute approximate surface area is 115 Å². The van der Waals surface area contributed by atoms with E-state index in [4.69, 9.17) is 11.6 Å². The molecular formula is C15H23ClFN. The second-order valence-corrected chi connectivity index (χ2v) is 6.41. The molecule has 0 radical (unpaired) electrons. The maximum atomic E-state index is 13.4. The molecule has 0 aliphatic heterocycles. The number of hydrogen-bond acceptors (Lipinski definition) is 1. The van der Waals surface area contributed by atoms with Gasteiger partial charge in [-0.1, -0.05) is 45.4 Å². The summed E-state index contributed by atoms with van der Waals surface area (Å²) in [7, 11) is 0. The molecule has 0 spiro atoms. The third kappa shape index (κ3) is 4.25. The Bertz CT molecular complexity index is 410. The lowest BCUT2D eigenvalue weighted by Gasteiger charge is -2.28. The number of hydrogen-bond donors (Lipinski definition) is 1. The summed E-state index contributed by atoms with van der Waals surface area (Å²) in [5.74, 6) is -0.241. The summed E-state index contributed by atoms with van der Waals surface area (Å²) in [4.78, 5) is 0. The molecule has 0 aliphatic rings. The highest BCUT2D eigenvalue weighted by Gasteiger charge is 2.22. The molecule has 0 heterocycles. The van der Waals surface area contributed by atoms with Crippen LogP contribution in [0.2, 0.25) is 5.02 Å². The molecule has 0 aliphatic carbocycles. The Hall–Kier alpha value is -0.600. The highest BCUT2D eigenvalue weighted by Crippen LogP contribution is 2.34. The largest absolute Gasteiger partial charge is 0.310 e. The van der Waals surface area contributed by atoms with Crippen LogP contribution in [0.1, 0.15) is 51.3 Å². The van der Waals surface area contributed by atoms with Crippen molar-refractivity contribution in [2.24, 2.45) is 5.41 Å². The quantitative estimate of drug-likeness (QED) is 0.823. The van der Waals surface area contributed by atoms with Crippen molar-refractivity contribution in [2.45, 2.75) is 47.1 Å². The minimum Gasteiger partial charge on any atom is -0.310 e. The SMILES string of the molecule is CCNC(CC(C)(C)C)c1cc(C)c(F)cc1Cl. The third-order valence-electron chi connectivity index (χ3n) is 2.92. The molecule has 18 heavy (non-hydrogen) atoms. The van der Waals surface area contributed by atoms with Gasteiger partial charge in [-0.15, -0.1) is 0 Å². The van der Waals surface area contributed by atoms with Gasteiger partial charge in [0.2, 0.25) is 0 Å². The van der Waals surface area contributed by atoms with Gasteiger partial charge in [-0.05, 0) is 42.5 Å². The Balaban J connectivity index is 3.09. The molecule has 0 aromatic heterocycles. The summed E-state index contributed by atoms with van der Waals surface area (Å²) in [6, 6.07) is 3.44. The maximum Gasteiger partial charge on any atom is 0.127 e. The molecular weight excluding hydrogens is 249 g/mol. The van der Waals surface area contributed by atoms with E-state index in [9.17, 15) is 4.39 Å². The van der Waals surface area contributed by atoms with E-state index in [1.54, 1.807) is 6.92 Å². The van der Waals surface area contributed by atoms with E-state index < -0.39 is 0 Å². The van der Waals surface area contributed by atoms with Gasteiger partial charge in [0.05, 0.1) is 0 Å². The second-order valence-electron chi connectivity index (χ2n) is 6.00. The van der Waals surface area contributed by atoms with Gasteiger partial charge in [-0.3, -0.25) is 0 Å².